The van der Waals surface area contributed by atoms with Crippen LogP contribution in [-0.4, -0.2) is 14.2 Å². The van der Waals surface area contributed by atoms with Gasteiger partial charge in [0.25, 0.3) is 0 Å². The van der Waals surface area contributed by atoms with Gasteiger partial charge in [0, 0.05) is 11.9 Å². The monoisotopic (exact) mass is 257 g/mol. The van der Waals surface area contributed by atoms with Crippen LogP contribution in [0.4, 0.5) is 5.69 Å². The molecule has 0 aromatic heterocycles. The second kappa shape index (κ2) is 4.58. The number of anilines is 1. The summed E-state index contributed by atoms with van der Waals surface area (Å²) in [7, 11) is 3.84. The Labute approximate surface area is 112 Å². The molecule has 18 heavy (non-hydrogen) atoms. The van der Waals surface area contributed by atoms with Gasteiger partial charge in [0.05, 0.1) is 12.8 Å². The van der Waals surface area contributed by atoms with E-state index in [4.69, 9.17) is 4.74 Å². The van der Waals surface area contributed by atoms with Gasteiger partial charge in [-0.25, -0.2) is 0 Å². The number of thioether (sulfide) groups is 1. The average Bonchev–Trinajstić information content (AvgIpc) is 2.77. The number of methoxy groups -OCH3 is 1. The van der Waals surface area contributed by atoms with Crippen molar-refractivity contribution in [1.82, 2.24) is 0 Å². The largest absolute Gasteiger partial charge is 0.497 e. The third kappa shape index (κ3) is 1.85. The summed E-state index contributed by atoms with van der Waals surface area (Å²) in [5.41, 5.74) is 2.61. The van der Waals surface area contributed by atoms with Crippen LogP contribution in [0.5, 0.6) is 5.75 Å². The average molecular weight is 257 g/mol. The van der Waals surface area contributed by atoms with Crippen molar-refractivity contribution in [2.24, 2.45) is 0 Å². The first-order valence-electron chi connectivity index (χ1n) is 5.92. The Balaban J connectivity index is 1.91. The summed E-state index contributed by atoms with van der Waals surface area (Å²) >= 11 is 1.90. The van der Waals surface area contributed by atoms with E-state index in [1.165, 1.54) is 16.1 Å². The Kier molecular flexibility index (Phi) is 2.92. The lowest BCUT2D eigenvalue weighted by Crippen LogP contribution is -2.16. The molecule has 1 unspecified atom stereocenters. The number of nitrogens with zero attached hydrogens (tertiary/aromatic N) is 1. The number of ether oxygens (including phenoxy) is 1. The highest BCUT2D eigenvalue weighted by Crippen LogP contribution is 2.50. The smallest absolute Gasteiger partial charge is 0.118 e. The molecule has 0 bridgehead atoms. The van der Waals surface area contributed by atoms with Crippen molar-refractivity contribution in [3.05, 3.63) is 54.1 Å². The minimum absolute atomic E-state index is 0.355. The Morgan fingerprint density at radius 2 is 1.78 bits per heavy atom. The zero-order valence-corrected chi connectivity index (χ0v) is 11.3. The highest BCUT2D eigenvalue weighted by atomic mass is 32.2. The van der Waals surface area contributed by atoms with Crippen molar-refractivity contribution in [2.75, 3.05) is 19.1 Å². The van der Waals surface area contributed by atoms with Crippen LogP contribution < -0.4 is 9.64 Å². The lowest BCUT2D eigenvalue weighted by Gasteiger charge is -2.21. The van der Waals surface area contributed by atoms with E-state index in [2.05, 4.69) is 48.3 Å². The molecular weight excluding hydrogens is 242 g/mol. The van der Waals surface area contributed by atoms with E-state index in [1.807, 2.05) is 23.9 Å². The molecule has 0 radical (unpaired) electrons. The van der Waals surface area contributed by atoms with Crippen molar-refractivity contribution < 1.29 is 4.74 Å². The zero-order chi connectivity index (χ0) is 12.5. The maximum atomic E-state index is 5.20. The third-order valence-electron chi connectivity index (χ3n) is 3.24. The summed E-state index contributed by atoms with van der Waals surface area (Å²) in [5.74, 6) is 0.905. The fourth-order valence-electron chi connectivity index (χ4n) is 2.23. The molecule has 0 saturated heterocycles. The third-order valence-corrected chi connectivity index (χ3v) is 4.65. The number of hydrogen-bond donors (Lipinski definition) is 0. The van der Waals surface area contributed by atoms with Crippen molar-refractivity contribution in [3.63, 3.8) is 0 Å². The molecule has 0 amide bonds. The van der Waals surface area contributed by atoms with Gasteiger partial charge in [0.2, 0.25) is 0 Å². The molecule has 2 aromatic carbocycles. The summed E-state index contributed by atoms with van der Waals surface area (Å²) in [6.45, 7) is 0. The number of hydrogen-bond acceptors (Lipinski definition) is 3. The number of benzene rings is 2. The molecule has 0 spiro atoms. The maximum Gasteiger partial charge on any atom is 0.118 e. The Hall–Kier alpha value is -1.61. The normalized spacial score (nSPS) is 17.7. The standard InChI is InChI=1S/C15H15NOS/c1-16-13-5-3-4-6-14(13)18-15(16)11-7-9-12(17-2)10-8-11/h3-10,15H,1-2H3. The first-order valence-corrected chi connectivity index (χ1v) is 6.80. The van der Waals surface area contributed by atoms with Crippen LogP contribution >= 0.6 is 11.8 Å². The molecule has 1 aliphatic heterocycles. The van der Waals surface area contributed by atoms with Crippen LogP contribution in [0.2, 0.25) is 0 Å². The Morgan fingerprint density at radius 3 is 2.44 bits per heavy atom. The van der Waals surface area contributed by atoms with E-state index in [0.29, 0.717) is 5.37 Å². The van der Waals surface area contributed by atoms with Crippen molar-refractivity contribution >= 4 is 17.4 Å². The van der Waals surface area contributed by atoms with Crippen molar-refractivity contribution in [1.29, 1.82) is 0 Å². The van der Waals surface area contributed by atoms with E-state index in [1.54, 1.807) is 7.11 Å². The SMILES string of the molecule is COc1ccc(C2Sc3ccccc3N2C)cc1. The molecule has 2 nitrogen and oxygen atoms in total. The minimum Gasteiger partial charge on any atom is -0.497 e. The van der Waals surface area contributed by atoms with Crippen LogP contribution in [0, 0.1) is 0 Å². The van der Waals surface area contributed by atoms with E-state index in [0.717, 1.165) is 5.75 Å². The maximum absolute atomic E-state index is 5.20. The van der Waals surface area contributed by atoms with Gasteiger partial charge in [-0.15, -0.1) is 0 Å². The molecule has 0 aliphatic carbocycles. The van der Waals surface area contributed by atoms with Gasteiger partial charge in [0.15, 0.2) is 0 Å². The van der Waals surface area contributed by atoms with Crippen LogP contribution in [-0.2, 0) is 0 Å². The predicted molar refractivity (Wildman–Crippen MR) is 76.4 cm³/mol. The topological polar surface area (TPSA) is 12.5 Å². The summed E-state index contributed by atoms with van der Waals surface area (Å²) in [4.78, 5) is 3.67. The molecule has 1 aliphatic rings. The quantitative estimate of drug-likeness (QED) is 0.808. The zero-order valence-electron chi connectivity index (χ0n) is 10.5. The molecule has 3 heteroatoms. The van der Waals surface area contributed by atoms with Crippen molar-refractivity contribution in [3.8, 4) is 5.75 Å². The molecule has 92 valence electrons. The van der Waals surface area contributed by atoms with Crippen LogP contribution in [0.15, 0.2) is 53.4 Å². The molecule has 2 aromatic rings. The molecule has 1 atom stereocenters. The van der Waals surface area contributed by atoms with Crippen LogP contribution in [0.1, 0.15) is 10.9 Å². The summed E-state index contributed by atoms with van der Waals surface area (Å²) in [5, 5.41) is 0.355. The van der Waals surface area contributed by atoms with Gasteiger partial charge in [-0.1, -0.05) is 36.0 Å². The predicted octanol–water partition coefficient (Wildman–Crippen LogP) is 3.94. The van der Waals surface area contributed by atoms with Gasteiger partial charge in [-0.2, -0.15) is 0 Å². The van der Waals surface area contributed by atoms with Gasteiger partial charge in [0.1, 0.15) is 11.1 Å². The van der Waals surface area contributed by atoms with Gasteiger partial charge >= 0.3 is 0 Å². The minimum atomic E-state index is 0.355. The fraction of sp³-hybridized carbons (Fsp3) is 0.200. The Bertz CT molecular complexity index is 553. The van der Waals surface area contributed by atoms with E-state index < -0.39 is 0 Å². The number of fused-ring (bicyclic) bond motifs is 1. The van der Waals surface area contributed by atoms with Crippen LogP contribution in [0.25, 0.3) is 0 Å². The first-order chi connectivity index (χ1) is 8.79. The summed E-state index contributed by atoms with van der Waals surface area (Å²) < 4.78 is 5.20. The lowest BCUT2D eigenvalue weighted by atomic mass is 10.2. The van der Waals surface area contributed by atoms with E-state index in [9.17, 15) is 0 Å². The number of para-hydroxylation sites is 1. The Morgan fingerprint density at radius 1 is 1.06 bits per heavy atom. The highest BCUT2D eigenvalue weighted by Gasteiger charge is 2.27. The van der Waals surface area contributed by atoms with E-state index in [-0.39, 0.29) is 0 Å². The fourth-order valence-corrected chi connectivity index (χ4v) is 3.53. The first kappa shape index (κ1) is 11.5. The molecular formula is C15H15NOS. The van der Waals surface area contributed by atoms with E-state index >= 15 is 0 Å². The second-order valence-corrected chi connectivity index (χ2v) is 5.44. The van der Waals surface area contributed by atoms with Gasteiger partial charge < -0.3 is 9.64 Å². The van der Waals surface area contributed by atoms with Gasteiger partial charge in [-0.3, -0.25) is 0 Å². The lowest BCUT2D eigenvalue weighted by molar-refractivity contribution is 0.414. The number of rotatable bonds is 2. The molecule has 0 saturated carbocycles. The highest BCUT2D eigenvalue weighted by molar-refractivity contribution is 8.00. The second-order valence-electron chi connectivity index (χ2n) is 4.32. The summed E-state index contributed by atoms with van der Waals surface area (Å²) in [6.07, 6.45) is 0. The summed E-state index contributed by atoms with van der Waals surface area (Å²) in [6, 6.07) is 16.9. The molecule has 1 heterocycles. The van der Waals surface area contributed by atoms with Gasteiger partial charge in [-0.05, 0) is 29.8 Å². The molecule has 0 N–H and O–H groups in total. The molecule has 3 rings (SSSR count). The molecule has 0 fully saturated rings. The van der Waals surface area contributed by atoms with Crippen molar-refractivity contribution in [2.45, 2.75) is 10.3 Å². The van der Waals surface area contributed by atoms with Crippen LogP contribution in [0.3, 0.4) is 0 Å².